The number of benzene rings is 3. The Morgan fingerprint density at radius 3 is 2.03 bits per heavy atom. The van der Waals surface area contributed by atoms with Gasteiger partial charge in [0, 0.05) is 17.1 Å². The third-order valence-corrected chi connectivity index (χ3v) is 5.02. The van der Waals surface area contributed by atoms with Gasteiger partial charge in [-0.3, -0.25) is 0 Å². The van der Waals surface area contributed by atoms with E-state index in [1.54, 1.807) is 0 Å². The Morgan fingerprint density at radius 2 is 1.43 bits per heavy atom. The Kier molecular flexibility index (Phi) is 5.36. The maximum atomic E-state index is 6.11. The molecule has 1 aliphatic carbocycles. The number of aryl methyl sites for hydroxylation is 2. The Labute approximate surface area is 178 Å². The standard InChI is InChI=1S/C27H25N3/c1-19-8-6-10-22(16-19)30(23-11-7-9-20(2)17-23)24-15-14-21(3)27(18-24)29-26-13-5-4-12-25(26)28/h4-18H,3,28H2,1-2H3/b29-27-. The molecule has 0 spiro atoms. The molecule has 3 aromatic rings. The number of rotatable bonds is 4. The van der Waals surface area contributed by atoms with E-state index in [0.717, 1.165) is 34.0 Å². The third-order valence-electron chi connectivity index (χ3n) is 5.02. The van der Waals surface area contributed by atoms with E-state index in [9.17, 15) is 0 Å². The lowest BCUT2D eigenvalue weighted by Crippen LogP contribution is -2.19. The van der Waals surface area contributed by atoms with E-state index in [-0.39, 0.29) is 0 Å². The van der Waals surface area contributed by atoms with Crippen molar-refractivity contribution in [2.24, 2.45) is 4.99 Å². The molecule has 0 amide bonds. The number of allylic oxidation sites excluding steroid dienone is 4. The molecule has 0 saturated carbocycles. The van der Waals surface area contributed by atoms with E-state index in [1.807, 2.05) is 30.3 Å². The summed E-state index contributed by atoms with van der Waals surface area (Å²) in [5, 5.41) is 0. The summed E-state index contributed by atoms with van der Waals surface area (Å²) in [6.45, 7) is 8.38. The smallest absolute Gasteiger partial charge is 0.0866 e. The van der Waals surface area contributed by atoms with Crippen molar-refractivity contribution in [3.63, 3.8) is 0 Å². The Balaban J connectivity index is 1.85. The summed E-state index contributed by atoms with van der Waals surface area (Å²) < 4.78 is 0. The largest absolute Gasteiger partial charge is 0.397 e. The normalized spacial score (nSPS) is 14.7. The number of anilines is 3. The highest BCUT2D eigenvalue weighted by molar-refractivity contribution is 6.13. The maximum absolute atomic E-state index is 6.11. The summed E-state index contributed by atoms with van der Waals surface area (Å²) in [6, 6.07) is 24.6. The lowest BCUT2D eigenvalue weighted by atomic mass is 10.0. The van der Waals surface area contributed by atoms with Gasteiger partial charge in [-0.15, -0.1) is 0 Å². The van der Waals surface area contributed by atoms with Crippen molar-refractivity contribution in [2.45, 2.75) is 13.8 Å². The van der Waals surface area contributed by atoms with Gasteiger partial charge < -0.3 is 10.6 Å². The van der Waals surface area contributed by atoms with Crippen LogP contribution in [0, 0.1) is 13.8 Å². The predicted molar refractivity (Wildman–Crippen MR) is 129 cm³/mol. The van der Waals surface area contributed by atoms with Gasteiger partial charge in [0.05, 0.1) is 17.1 Å². The molecular weight excluding hydrogens is 366 g/mol. The molecule has 0 bridgehead atoms. The van der Waals surface area contributed by atoms with Gasteiger partial charge in [0.2, 0.25) is 0 Å². The van der Waals surface area contributed by atoms with Crippen molar-refractivity contribution in [1.29, 1.82) is 0 Å². The Morgan fingerprint density at radius 1 is 0.800 bits per heavy atom. The Bertz CT molecular complexity index is 1150. The average Bonchev–Trinajstić information content (AvgIpc) is 2.72. The van der Waals surface area contributed by atoms with E-state index < -0.39 is 0 Å². The summed E-state index contributed by atoms with van der Waals surface area (Å²) in [5.74, 6) is 0. The molecule has 3 aromatic carbocycles. The average molecular weight is 392 g/mol. The van der Waals surface area contributed by atoms with Gasteiger partial charge in [-0.05, 0) is 79.1 Å². The summed E-state index contributed by atoms with van der Waals surface area (Å²) in [6.07, 6.45) is 6.16. The second kappa shape index (κ2) is 8.26. The van der Waals surface area contributed by atoms with E-state index in [1.165, 1.54) is 11.1 Å². The molecule has 0 aliphatic heterocycles. The first kappa shape index (κ1) is 19.5. The molecule has 0 atom stereocenters. The molecule has 4 rings (SSSR count). The van der Waals surface area contributed by atoms with Crippen LogP contribution in [0.4, 0.5) is 22.7 Å². The highest BCUT2D eigenvalue weighted by Crippen LogP contribution is 2.33. The monoisotopic (exact) mass is 391 g/mol. The molecule has 0 heterocycles. The van der Waals surface area contributed by atoms with Crippen LogP contribution in [0.25, 0.3) is 0 Å². The first-order chi connectivity index (χ1) is 14.5. The van der Waals surface area contributed by atoms with Gasteiger partial charge in [-0.2, -0.15) is 0 Å². The number of nitrogen functional groups attached to an aromatic ring is 1. The summed E-state index contributed by atoms with van der Waals surface area (Å²) in [7, 11) is 0. The van der Waals surface area contributed by atoms with Gasteiger partial charge in [0.1, 0.15) is 0 Å². The lowest BCUT2D eigenvalue weighted by Gasteiger charge is -2.28. The van der Waals surface area contributed by atoms with Crippen molar-refractivity contribution in [2.75, 3.05) is 10.6 Å². The SMILES string of the molecule is C=C1C=CC(N(c2cccc(C)c2)c2cccc(C)c2)=C/C1=N/c1ccccc1N. The minimum absolute atomic E-state index is 0.650. The van der Waals surface area contributed by atoms with Gasteiger partial charge in [0.25, 0.3) is 0 Å². The molecule has 1 aliphatic rings. The second-order valence-electron chi connectivity index (χ2n) is 7.50. The molecule has 0 aromatic heterocycles. The Hall–Kier alpha value is -3.85. The van der Waals surface area contributed by atoms with Crippen molar-refractivity contribution in [3.05, 3.63) is 120 Å². The number of hydrogen-bond donors (Lipinski definition) is 1. The molecule has 0 saturated heterocycles. The van der Waals surface area contributed by atoms with Gasteiger partial charge in [0.15, 0.2) is 0 Å². The fraction of sp³-hybridized carbons (Fsp3) is 0.0741. The topological polar surface area (TPSA) is 41.6 Å². The highest BCUT2D eigenvalue weighted by atomic mass is 15.1. The number of para-hydroxylation sites is 2. The number of nitrogens with two attached hydrogens (primary N) is 1. The van der Waals surface area contributed by atoms with Crippen LogP contribution in [0.5, 0.6) is 0 Å². The summed E-state index contributed by atoms with van der Waals surface area (Å²) in [4.78, 5) is 7.03. The van der Waals surface area contributed by atoms with Crippen LogP contribution in [0.3, 0.4) is 0 Å². The van der Waals surface area contributed by atoms with E-state index in [2.05, 4.69) is 86.0 Å². The number of hydrogen-bond acceptors (Lipinski definition) is 3. The van der Waals surface area contributed by atoms with Crippen LogP contribution >= 0.6 is 0 Å². The highest BCUT2D eigenvalue weighted by Gasteiger charge is 2.17. The van der Waals surface area contributed by atoms with Crippen LogP contribution in [0.2, 0.25) is 0 Å². The van der Waals surface area contributed by atoms with E-state index in [0.29, 0.717) is 5.69 Å². The minimum Gasteiger partial charge on any atom is -0.397 e. The van der Waals surface area contributed by atoms with Crippen molar-refractivity contribution in [3.8, 4) is 0 Å². The van der Waals surface area contributed by atoms with Crippen molar-refractivity contribution in [1.82, 2.24) is 0 Å². The zero-order valence-electron chi connectivity index (χ0n) is 17.3. The number of nitrogens with zero attached hydrogens (tertiary/aromatic N) is 2. The van der Waals surface area contributed by atoms with Crippen LogP contribution in [0.1, 0.15) is 11.1 Å². The van der Waals surface area contributed by atoms with Gasteiger partial charge in [-0.1, -0.05) is 49.1 Å². The summed E-state index contributed by atoms with van der Waals surface area (Å²) >= 11 is 0. The van der Waals surface area contributed by atoms with Crippen LogP contribution in [0.15, 0.2) is 114 Å². The molecule has 30 heavy (non-hydrogen) atoms. The molecule has 2 N–H and O–H groups in total. The van der Waals surface area contributed by atoms with Gasteiger partial charge >= 0.3 is 0 Å². The van der Waals surface area contributed by atoms with Crippen LogP contribution < -0.4 is 10.6 Å². The molecule has 0 radical (unpaired) electrons. The minimum atomic E-state index is 0.650. The van der Waals surface area contributed by atoms with Crippen LogP contribution in [-0.2, 0) is 0 Å². The maximum Gasteiger partial charge on any atom is 0.0866 e. The van der Waals surface area contributed by atoms with E-state index in [4.69, 9.17) is 10.7 Å². The van der Waals surface area contributed by atoms with Gasteiger partial charge in [-0.25, -0.2) is 4.99 Å². The predicted octanol–water partition coefficient (Wildman–Crippen LogP) is 6.81. The zero-order valence-corrected chi connectivity index (χ0v) is 17.3. The lowest BCUT2D eigenvalue weighted by molar-refractivity contribution is 1.19. The van der Waals surface area contributed by atoms with E-state index >= 15 is 0 Å². The van der Waals surface area contributed by atoms with Crippen molar-refractivity contribution < 1.29 is 0 Å². The molecule has 148 valence electrons. The van der Waals surface area contributed by atoms with Crippen molar-refractivity contribution >= 4 is 28.5 Å². The third kappa shape index (κ3) is 4.11. The molecule has 3 nitrogen and oxygen atoms in total. The quantitative estimate of drug-likeness (QED) is 0.497. The fourth-order valence-corrected chi connectivity index (χ4v) is 3.50. The molecule has 3 heteroatoms. The molecule has 0 fully saturated rings. The second-order valence-corrected chi connectivity index (χ2v) is 7.50. The molecule has 0 unspecified atom stereocenters. The summed E-state index contributed by atoms with van der Waals surface area (Å²) in [5.41, 5.74) is 14.8. The first-order valence-electron chi connectivity index (χ1n) is 9.97. The fourth-order valence-electron chi connectivity index (χ4n) is 3.50. The number of aliphatic imine (C=N–C) groups is 1. The zero-order chi connectivity index (χ0) is 21.1. The first-order valence-corrected chi connectivity index (χ1v) is 9.97. The molecular formula is C27H25N3. The van der Waals surface area contributed by atoms with Crippen LogP contribution in [-0.4, -0.2) is 5.71 Å².